The van der Waals surface area contributed by atoms with Crippen molar-refractivity contribution in [2.75, 3.05) is 6.61 Å². The lowest BCUT2D eigenvalue weighted by Gasteiger charge is -2.24. The van der Waals surface area contributed by atoms with E-state index >= 15 is 0 Å². The molecule has 124 valence electrons. The van der Waals surface area contributed by atoms with Gasteiger partial charge in [-0.05, 0) is 11.6 Å². The van der Waals surface area contributed by atoms with E-state index < -0.39 is 0 Å². The van der Waals surface area contributed by atoms with Crippen LogP contribution in [0.25, 0.3) is 0 Å². The molecule has 0 atom stereocenters. The predicted molar refractivity (Wildman–Crippen MR) is 89.9 cm³/mol. The van der Waals surface area contributed by atoms with Gasteiger partial charge in [-0.2, -0.15) is 5.10 Å². The van der Waals surface area contributed by atoms with Gasteiger partial charge in [-0.3, -0.25) is 10.00 Å². The lowest BCUT2D eigenvalue weighted by Crippen LogP contribution is -2.26. The van der Waals surface area contributed by atoms with Crippen molar-refractivity contribution in [3.8, 4) is 0 Å². The maximum Gasteiger partial charge on any atom is 0.135 e. The summed E-state index contributed by atoms with van der Waals surface area (Å²) >= 11 is 0. The fraction of sp³-hybridized carbons (Fsp3) is 0.333. The number of aromatic nitrogens is 4. The maximum absolute atomic E-state index is 5.48. The number of rotatable bonds is 6. The molecule has 0 fully saturated rings. The Balaban J connectivity index is 1.54. The topological polar surface area (TPSA) is 59.0 Å². The van der Waals surface area contributed by atoms with Crippen molar-refractivity contribution in [2.45, 2.75) is 32.8 Å². The van der Waals surface area contributed by atoms with Gasteiger partial charge in [-0.25, -0.2) is 4.98 Å². The van der Waals surface area contributed by atoms with Gasteiger partial charge in [0.15, 0.2) is 0 Å². The molecule has 0 saturated carbocycles. The number of imidazole rings is 1. The van der Waals surface area contributed by atoms with Gasteiger partial charge < -0.3 is 9.30 Å². The van der Waals surface area contributed by atoms with Crippen LogP contribution >= 0.6 is 0 Å². The zero-order valence-electron chi connectivity index (χ0n) is 13.6. The molecule has 3 aromatic rings. The minimum atomic E-state index is 0.610. The van der Waals surface area contributed by atoms with Crippen LogP contribution in [0.15, 0.2) is 48.8 Å². The third-order valence-corrected chi connectivity index (χ3v) is 4.30. The van der Waals surface area contributed by atoms with E-state index in [1.807, 2.05) is 12.3 Å². The van der Waals surface area contributed by atoms with Gasteiger partial charge in [-0.15, -0.1) is 0 Å². The number of benzene rings is 1. The Kier molecular flexibility index (Phi) is 4.40. The summed E-state index contributed by atoms with van der Waals surface area (Å²) in [7, 11) is 0. The largest absolute Gasteiger partial charge is 0.372 e. The number of nitrogens with zero attached hydrogens (tertiary/aromatic N) is 4. The average Bonchev–Trinajstić information content (AvgIpc) is 3.26. The summed E-state index contributed by atoms with van der Waals surface area (Å²) in [5.74, 6) is 1.03. The summed E-state index contributed by atoms with van der Waals surface area (Å²) < 4.78 is 7.77. The summed E-state index contributed by atoms with van der Waals surface area (Å²) in [5.41, 5.74) is 3.66. The summed E-state index contributed by atoms with van der Waals surface area (Å²) in [6.07, 6.45) is 3.78. The van der Waals surface area contributed by atoms with Crippen LogP contribution in [0.3, 0.4) is 0 Å². The minimum absolute atomic E-state index is 0.610. The minimum Gasteiger partial charge on any atom is -0.372 e. The van der Waals surface area contributed by atoms with Gasteiger partial charge in [-0.1, -0.05) is 30.3 Å². The quantitative estimate of drug-likeness (QED) is 0.756. The molecular formula is C18H21N5O. The van der Waals surface area contributed by atoms with Gasteiger partial charge in [0.25, 0.3) is 0 Å². The molecule has 24 heavy (non-hydrogen) atoms. The highest BCUT2D eigenvalue weighted by Gasteiger charge is 2.17. The first kappa shape index (κ1) is 15.1. The number of H-pyrrole nitrogens is 1. The third-order valence-electron chi connectivity index (χ3n) is 4.30. The van der Waals surface area contributed by atoms with Gasteiger partial charge >= 0.3 is 0 Å². The third kappa shape index (κ3) is 3.39. The molecule has 0 amide bonds. The fourth-order valence-corrected chi connectivity index (χ4v) is 3.14. The smallest absolute Gasteiger partial charge is 0.135 e. The van der Waals surface area contributed by atoms with E-state index in [2.05, 4.69) is 55.0 Å². The van der Waals surface area contributed by atoms with Crippen LogP contribution in [0, 0.1) is 0 Å². The molecule has 0 unspecified atom stereocenters. The zero-order chi connectivity index (χ0) is 16.2. The standard InChI is InChI=1S/C18H21N5O/c1-2-4-15(5-3-1)11-22(12-16-6-7-20-21-16)13-17-10-19-18-14-24-9-8-23(17)18/h1-7,10H,8-9,11-14H2,(H,20,21). The first-order valence-corrected chi connectivity index (χ1v) is 8.24. The Bertz CT molecular complexity index is 766. The second kappa shape index (κ2) is 6.98. The normalized spacial score (nSPS) is 14.0. The molecule has 6 heteroatoms. The number of nitrogens with one attached hydrogen (secondary N) is 1. The van der Waals surface area contributed by atoms with E-state index in [0.717, 1.165) is 44.3 Å². The van der Waals surface area contributed by atoms with E-state index in [4.69, 9.17) is 4.74 Å². The molecule has 1 N–H and O–H groups in total. The molecule has 1 aromatic carbocycles. The van der Waals surface area contributed by atoms with Crippen molar-refractivity contribution in [2.24, 2.45) is 0 Å². The SMILES string of the molecule is c1ccc(CN(Cc2ccn[nH]2)Cc2cnc3n2CCOC3)cc1. The molecule has 6 nitrogen and oxygen atoms in total. The summed E-state index contributed by atoms with van der Waals surface area (Å²) in [6.45, 7) is 4.81. The second-order valence-electron chi connectivity index (χ2n) is 6.08. The zero-order valence-corrected chi connectivity index (χ0v) is 13.6. The molecule has 0 radical (unpaired) electrons. The summed E-state index contributed by atoms with van der Waals surface area (Å²) in [6, 6.07) is 12.6. The van der Waals surface area contributed by atoms with Crippen molar-refractivity contribution < 1.29 is 4.74 Å². The van der Waals surface area contributed by atoms with Crippen molar-refractivity contribution in [1.82, 2.24) is 24.6 Å². The average molecular weight is 323 g/mol. The Morgan fingerprint density at radius 1 is 1.12 bits per heavy atom. The molecule has 0 spiro atoms. The van der Waals surface area contributed by atoms with Crippen LogP contribution in [0.4, 0.5) is 0 Å². The lowest BCUT2D eigenvalue weighted by molar-refractivity contribution is 0.0793. The Labute approximate surface area is 141 Å². The molecule has 2 aromatic heterocycles. The van der Waals surface area contributed by atoms with Crippen molar-refractivity contribution in [1.29, 1.82) is 0 Å². The van der Waals surface area contributed by atoms with E-state index in [0.29, 0.717) is 6.61 Å². The molecule has 1 aliphatic heterocycles. The van der Waals surface area contributed by atoms with Crippen LogP contribution in [0.2, 0.25) is 0 Å². The first-order valence-electron chi connectivity index (χ1n) is 8.24. The maximum atomic E-state index is 5.48. The summed E-state index contributed by atoms with van der Waals surface area (Å²) in [5, 5.41) is 7.13. The monoisotopic (exact) mass is 323 g/mol. The highest BCUT2D eigenvalue weighted by atomic mass is 16.5. The van der Waals surface area contributed by atoms with E-state index in [1.165, 1.54) is 11.3 Å². The molecule has 1 aliphatic rings. The number of fused-ring (bicyclic) bond motifs is 1. The molecule has 0 bridgehead atoms. The van der Waals surface area contributed by atoms with Crippen molar-refractivity contribution >= 4 is 0 Å². The Hall–Kier alpha value is -2.44. The molecule has 3 heterocycles. The molecule has 4 rings (SSSR count). The lowest BCUT2D eigenvalue weighted by atomic mass is 10.2. The number of hydrogen-bond acceptors (Lipinski definition) is 4. The van der Waals surface area contributed by atoms with Gasteiger partial charge in [0.1, 0.15) is 12.4 Å². The van der Waals surface area contributed by atoms with E-state index in [-0.39, 0.29) is 0 Å². The Morgan fingerprint density at radius 3 is 2.88 bits per heavy atom. The molecule has 0 saturated heterocycles. The van der Waals surface area contributed by atoms with E-state index in [1.54, 1.807) is 6.20 Å². The van der Waals surface area contributed by atoms with E-state index in [9.17, 15) is 0 Å². The van der Waals surface area contributed by atoms with Gasteiger partial charge in [0, 0.05) is 44.3 Å². The van der Waals surface area contributed by atoms with Crippen LogP contribution in [0.5, 0.6) is 0 Å². The highest BCUT2D eigenvalue weighted by Crippen LogP contribution is 2.17. The molecule has 0 aliphatic carbocycles. The van der Waals surface area contributed by atoms with Gasteiger partial charge in [0.05, 0.1) is 12.3 Å². The number of ether oxygens (including phenoxy) is 1. The first-order chi connectivity index (χ1) is 11.9. The van der Waals surface area contributed by atoms with Gasteiger partial charge in [0.2, 0.25) is 0 Å². The van der Waals surface area contributed by atoms with Crippen LogP contribution in [0.1, 0.15) is 22.8 Å². The van der Waals surface area contributed by atoms with Crippen LogP contribution in [-0.4, -0.2) is 31.3 Å². The number of aromatic amines is 1. The molecular weight excluding hydrogens is 302 g/mol. The summed E-state index contributed by atoms with van der Waals surface area (Å²) in [4.78, 5) is 6.91. The van der Waals surface area contributed by atoms with Crippen molar-refractivity contribution in [3.05, 3.63) is 71.6 Å². The van der Waals surface area contributed by atoms with Crippen molar-refractivity contribution in [3.63, 3.8) is 0 Å². The van der Waals surface area contributed by atoms with Crippen LogP contribution < -0.4 is 0 Å². The fourth-order valence-electron chi connectivity index (χ4n) is 3.14. The predicted octanol–water partition coefficient (Wildman–Crippen LogP) is 2.34. The Morgan fingerprint density at radius 2 is 2.04 bits per heavy atom. The van der Waals surface area contributed by atoms with Crippen LogP contribution in [-0.2, 0) is 37.5 Å². The second-order valence-corrected chi connectivity index (χ2v) is 6.08. The highest BCUT2D eigenvalue weighted by molar-refractivity contribution is 5.15. The number of hydrogen-bond donors (Lipinski definition) is 1.